The number of rotatable bonds is 7. The lowest BCUT2D eigenvalue weighted by Crippen LogP contribution is -2.30. The lowest BCUT2D eigenvalue weighted by atomic mass is 9.95. The predicted octanol–water partition coefficient (Wildman–Crippen LogP) is 5.51. The van der Waals surface area contributed by atoms with Crippen molar-refractivity contribution in [3.05, 3.63) is 78.4 Å². The quantitative estimate of drug-likeness (QED) is 0.266. The molecular formula is C28H22F3N5O5. The molecule has 1 fully saturated rings. The molecule has 0 saturated heterocycles. The molecule has 5 rings (SSSR count). The molecule has 1 aromatic carbocycles. The van der Waals surface area contributed by atoms with Crippen LogP contribution in [0.5, 0.6) is 0 Å². The molecule has 0 radical (unpaired) electrons. The molecular weight excluding hydrogens is 543 g/mol. The second kappa shape index (κ2) is 11.2. The maximum atomic E-state index is 13.8. The van der Waals surface area contributed by atoms with E-state index >= 15 is 0 Å². The molecule has 2 atom stereocenters. The van der Waals surface area contributed by atoms with Gasteiger partial charge in [-0.3, -0.25) is 19.4 Å². The van der Waals surface area contributed by atoms with E-state index in [2.05, 4.69) is 25.6 Å². The number of benzene rings is 1. The largest absolute Gasteiger partial charge is 0.481 e. The highest BCUT2D eigenvalue weighted by Crippen LogP contribution is 2.37. The zero-order chi connectivity index (χ0) is 29.1. The van der Waals surface area contributed by atoms with Crippen LogP contribution in [0.3, 0.4) is 0 Å². The Morgan fingerprint density at radius 3 is 2.32 bits per heavy atom. The van der Waals surface area contributed by atoms with E-state index in [0.29, 0.717) is 30.5 Å². The lowest BCUT2D eigenvalue weighted by Gasteiger charge is -2.18. The first-order chi connectivity index (χ1) is 19.6. The Kier molecular flexibility index (Phi) is 7.51. The van der Waals surface area contributed by atoms with E-state index in [0.717, 1.165) is 0 Å². The Bertz CT molecular complexity index is 1590. The van der Waals surface area contributed by atoms with Gasteiger partial charge in [0, 0.05) is 23.5 Å². The third-order valence-electron chi connectivity index (χ3n) is 6.63. The summed E-state index contributed by atoms with van der Waals surface area (Å²) >= 11 is 0. The van der Waals surface area contributed by atoms with Crippen LogP contribution in [0, 0.1) is 11.8 Å². The summed E-state index contributed by atoms with van der Waals surface area (Å²) in [4.78, 5) is 50.1. The monoisotopic (exact) mass is 565 g/mol. The van der Waals surface area contributed by atoms with Crippen LogP contribution < -0.4 is 10.6 Å². The van der Waals surface area contributed by atoms with Crippen LogP contribution in [0.15, 0.2) is 71.4 Å². The van der Waals surface area contributed by atoms with Gasteiger partial charge in [-0.1, -0.05) is 24.6 Å². The molecule has 0 spiro atoms. The SMILES string of the molecule is O=C(Nc1ccc(-c2cccnc2)nc1NC(=O)[C@@H]1CCC[C@H]1C(=O)O)c1nc(-c2ccccc2)oc1C(F)(F)F. The molecule has 210 valence electrons. The Balaban J connectivity index is 1.50. The van der Waals surface area contributed by atoms with Crippen molar-refractivity contribution in [2.24, 2.45) is 11.8 Å². The fraction of sp³-hybridized carbons (Fsp3) is 0.214. The van der Waals surface area contributed by atoms with Gasteiger partial charge in [0.2, 0.25) is 17.6 Å². The maximum absolute atomic E-state index is 13.8. The fourth-order valence-electron chi connectivity index (χ4n) is 4.66. The predicted molar refractivity (Wildman–Crippen MR) is 139 cm³/mol. The summed E-state index contributed by atoms with van der Waals surface area (Å²) in [6.45, 7) is 0. The molecule has 41 heavy (non-hydrogen) atoms. The zero-order valence-corrected chi connectivity index (χ0v) is 21.2. The number of halogens is 3. The zero-order valence-electron chi connectivity index (χ0n) is 21.2. The number of oxazole rings is 1. The average molecular weight is 566 g/mol. The van der Waals surface area contributed by atoms with E-state index in [4.69, 9.17) is 4.42 Å². The standard InChI is InChI=1S/C28H22F3N5O5/c29-28(30,31)22-21(35-26(41-22)15-6-2-1-3-7-15)25(38)34-20-12-11-19(16-8-5-13-32-14-16)33-23(20)36-24(37)17-9-4-10-18(17)27(39)40/h1-3,5-8,11-14,17-18H,4,9-10H2,(H,34,38)(H,39,40)(H,33,36,37)/t17-,18-/m1/s1. The van der Waals surface area contributed by atoms with Crippen LogP contribution in [-0.2, 0) is 15.8 Å². The second-order valence-corrected chi connectivity index (χ2v) is 9.32. The number of carboxylic acid groups (broad SMARTS) is 1. The van der Waals surface area contributed by atoms with Gasteiger partial charge in [0.25, 0.3) is 5.91 Å². The van der Waals surface area contributed by atoms with Crippen molar-refractivity contribution in [3.63, 3.8) is 0 Å². The summed E-state index contributed by atoms with van der Waals surface area (Å²) in [6, 6.07) is 14.0. The number of anilines is 2. The van der Waals surface area contributed by atoms with Gasteiger partial charge < -0.3 is 20.2 Å². The van der Waals surface area contributed by atoms with Crippen LogP contribution >= 0.6 is 0 Å². The topological polar surface area (TPSA) is 147 Å². The number of hydrogen-bond acceptors (Lipinski definition) is 7. The van der Waals surface area contributed by atoms with Gasteiger partial charge >= 0.3 is 12.1 Å². The first-order valence-electron chi connectivity index (χ1n) is 12.5. The van der Waals surface area contributed by atoms with Crippen molar-refractivity contribution in [2.75, 3.05) is 10.6 Å². The molecule has 0 bridgehead atoms. The average Bonchev–Trinajstić information content (AvgIpc) is 3.64. The minimum absolute atomic E-state index is 0.127. The maximum Gasteiger partial charge on any atom is 0.452 e. The number of nitrogens with zero attached hydrogens (tertiary/aromatic N) is 3. The summed E-state index contributed by atoms with van der Waals surface area (Å²) in [5.74, 6) is -6.90. The number of aliphatic carboxylic acids is 1. The summed E-state index contributed by atoms with van der Waals surface area (Å²) in [6.07, 6.45) is -0.760. The van der Waals surface area contributed by atoms with Crippen molar-refractivity contribution in [1.82, 2.24) is 15.0 Å². The molecule has 1 aliphatic carbocycles. The van der Waals surface area contributed by atoms with E-state index in [9.17, 15) is 32.7 Å². The van der Waals surface area contributed by atoms with Gasteiger partial charge in [-0.15, -0.1) is 0 Å². The van der Waals surface area contributed by atoms with Crippen LogP contribution in [0.2, 0.25) is 0 Å². The van der Waals surface area contributed by atoms with Gasteiger partial charge in [0.05, 0.1) is 23.2 Å². The Morgan fingerprint density at radius 1 is 0.902 bits per heavy atom. The third kappa shape index (κ3) is 5.93. The highest BCUT2D eigenvalue weighted by molar-refractivity contribution is 6.07. The van der Waals surface area contributed by atoms with E-state index in [1.807, 2.05) is 0 Å². The molecule has 0 aliphatic heterocycles. The van der Waals surface area contributed by atoms with E-state index in [-0.39, 0.29) is 17.1 Å². The van der Waals surface area contributed by atoms with Gasteiger partial charge in [-0.05, 0) is 49.2 Å². The van der Waals surface area contributed by atoms with Gasteiger partial charge in [-0.2, -0.15) is 13.2 Å². The smallest absolute Gasteiger partial charge is 0.452 e. The number of nitrogens with one attached hydrogen (secondary N) is 2. The molecule has 3 aromatic heterocycles. The number of pyridine rings is 2. The molecule has 4 aromatic rings. The van der Waals surface area contributed by atoms with Gasteiger partial charge in [0.15, 0.2) is 11.5 Å². The van der Waals surface area contributed by atoms with E-state index in [1.165, 1.54) is 30.5 Å². The van der Waals surface area contributed by atoms with Crippen LogP contribution in [0.25, 0.3) is 22.7 Å². The molecule has 13 heteroatoms. The minimum Gasteiger partial charge on any atom is -0.481 e. The number of amides is 2. The molecule has 1 aliphatic rings. The van der Waals surface area contributed by atoms with Gasteiger partial charge in [-0.25, -0.2) is 9.97 Å². The van der Waals surface area contributed by atoms with Crippen molar-refractivity contribution >= 4 is 29.3 Å². The number of carboxylic acids is 1. The summed E-state index contributed by atoms with van der Waals surface area (Å²) in [5.41, 5.74) is 0.00638. The van der Waals surface area contributed by atoms with Crippen molar-refractivity contribution < 1.29 is 37.1 Å². The lowest BCUT2D eigenvalue weighted by molar-refractivity contribution is -0.153. The van der Waals surface area contributed by atoms with Crippen molar-refractivity contribution in [3.8, 4) is 22.7 Å². The molecule has 2 amide bonds. The highest BCUT2D eigenvalue weighted by Gasteiger charge is 2.42. The van der Waals surface area contributed by atoms with Crippen LogP contribution in [0.4, 0.5) is 24.7 Å². The molecule has 3 heterocycles. The summed E-state index contributed by atoms with van der Waals surface area (Å²) < 4.78 is 46.4. The second-order valence-electron chi connectivity index (χ2n) is 9.32. The number of carbonyl (C=O) groups excluding carboxylic acids is 2. The van der Waals surface area contributed by atoms with Crippen molar-refractivity contribution in [2.45, 2.75) is 25.4 Å². The molecule has 3 N–H and O–H groups in total. The fourth-order valence-corrected chi connectivity index (χ4v) is 4.66. The van der Waals surface area contributed by atoms with E-state index in [1.54, 1.807) is 36.5 Å². The molecule has 10 nitrogen and oxygen atoms in total. The van der Waals surface area contributed by atoms with Crippen LogP contribution in [0.1, 0.15) is 35.5 Å². The summed E-state index contributed by atoms with van der Waals surface area (Å²) in [7, 11) is 0. The normalized spacial score (nSPS) is 16.8. The first kappa shape index (κ1) is 27.5. The Labute approximate surface area is 230 Å². The first-order valence-corrected chi connectivity index (χ1v) is 12.5. The Hall–Kier alpha value is -5.07. The molecule has 0 unspecified atom stereocenters. The van der Waals surface area contributed by atoms with Crippen molar-refractivity contribution in [1.29, 1.82) is 0 Å². The Morgan fingerprint density at radius 2 is 1.63 bits per heavy atom. The summed E-state index contributed by atoms with van der Waals surface area (Å²) in [5, 5.41) is 14.4. The molecule has 1 saturated carbocycles. The minimum atomic E-state index is -5.03. The van der Waals surface area contributed by atoms with Crippen LogP contribution in [-0.4, -0.2) is 37.8 Å². The third-order valence-corrected chi connectivity index (χ3v) is 6.63. The van der Waals surface area contributed by atoms with Gasteiger partial charge in [0.1, 0.15) is 0 Å². The number of hydrogen-bond donors (Lipinski definition) is 3. The number of aromatic nitrogens is 3. The highest BCUT2D eigenvalue weighted by atomic mass is 19.4. The van der Waals surface area contributed by atoms with E-state index < -0.39 is 53.1 Å². The number of carbonyl (C=O) groups is 3. The number of alkyl halides is 3.